The number of nitrogens with zero attached hydrogens (tertiary/aromatic N) is 2. The fraction of sp³-hybridized carbons (Fsp3) is 0.308. The van der Waals surface area contributed by atoms with Gasteiger partial charge in [0.15, 0.2) is 12.1 Å². The molecule has 0 atom stereocenters. The van der Waals surface area contributed by atoms with Crippen LogP contribution in [-0.2, 0) is 17.8 Å². The number of amides is 1. The molecule has 0 saturated heterocycles. The average Bonchev–Trinajstić information content (AvgIpc) is 2.97. The lowest BCUT2D eigenvalue weighted by molar-refractivity contribution is 0.0976. The standard InChI is InChI=1S/C13H11F2N3O3/c14-12(15)10-11(21-6-17-10)13(19)18-8-3-7-5-20-2-1-9(7)16-4-8/h3-4,6,12H,1-2,5H2,(H,18,19). The summed E-state index contributed by atoms with van der Waals surface area (Å²) in [5, 5.41) is 2.47. The van der Waals surface area contributed by atoms with Crippen LogP contribution in [0.2, 0.25) is 0 Å². The summed E-state index contributed by atoms with van der Waals surface area (Å²) in [6, 6.07) is 1.71. The van der Waals surface area contributed by atoms with Gasteiger partial charge in [-0.3, -0.25) is 9.78 Å². The number of hydrogen-bond donors (Lipinski definition) is 1. The number of hydrogen-bond acceptors (Lipinski definition) is 5. The van der Waals surface area contributed by atoms with Gasteiger partial charge in [0.2, 0.25) is 5.76 Å². The molecular weight excluding hydrogens is 284 g/mol. The molecule has 0 aromatic carbocycles. The molecule has 0 aliphatic carbocycles. The van der Waals surface area contributed by atoms with Gasteiger partial charge in [0, 0.05) is 17.7 Å². The number of nitrogens with one attached hydrogen (secondary N) is 1. The van der Waals surface area contributed by atoms with Crippen LogP contribution in [0, 0.1) is 0 Å². The number of oxazole rings is 1. The highest BCUT2D eigenvalue weighted by atomic mass is 19.3. The lowest BCUT2D eigenvalue weighted by Gasteiger charge is -2.16. The highest BCUT2D eigenvalue weighted by Gasteiger charge is 2.24. The first-order chi connectivity index (χ1) is 10.1. The number of alkyl halides is 2. The molecule has 3 rings (SSSR count). The van der Waals surface area contributed by atoms with Crippen molar-refractivity contribution in [2.24, 2.45) is 0 Å². The van der Waals surface area contributed by atoms with E-state index in [4.69, 9.17) is 9.15 Å². The fourth-order valence-corrected chi connectivity index (χ4v) is 2.08. The lowest BCUT2D eigenvalue weighted by Crippen LogP contribution is -2.16. The molecule has 6 nitrogen and oxygen atoms in total. The number of aromatic nitrogens is 2. The van der Waals surface area contributed by atoms with Crippen LogP contribution in [0.5, 0.6) is 0 Å². The van der Waals surface area contributed by atoms with E-state index in [0.717, 1.165) is 17.7 Å². The number of anilines is 1. The lowest BCUT2D eigenvalue weighted by atomic mass is 10.1. The number of pyridine rings is 1. The molecule has 2 aromatic heterocycles. The highest BCUT2D eigenvalue weighted by molar-refractivity contribution is 6.02. The Morgan fingerprint density at radius 2 is 2.24 bits per heavy atom. The highest BCUT2D eigenvalue weighted by Crippen LogP contribution is 2.23. The topological polar surface area (TPSA) is 77.2 Å². The summed E-state index contributed by atoms with van der Waals surface area (Å²) < 4.78 is 35.3. The van der Waals surface area contributed by atoms with Crippen molar-refractivity contribution in [3.63, 3.8) is 0 Å². The zero-order valence-electron chi connectivity index (χ0n) is 10.8. The van der Waals surface area contributed by atoms with Crippen LogP contribution < -0.4 is 5.32 Å². The third-order valence-electron chi connectivity index (χ3n) is 3.07. The van der Waals surface area contributed by atoms with E-state index >= 15 is 0 Å². The third-order valence-corrected chi connectivity index (χ3v) is 3.07. The van der Waals surface area contributed by atoms with Crippen LogP contribution >= 0.6 is 0 Å². The van der Waals surface area contributed by atoms with Gasteiger partial charge in [-0.25, -0.2) is 13.8 Å². The van der Waals surface area contributed by atoms with Crippen LogP contribution in [0.4, 0.5) is 14.5 Å². The van der Waals surface area contributed by atoms with Gasteiger partial charge in [-0.2, -0.15) is 0 Å². The molecule has 2 aromatic rings. The van der Waals surface area contributed by atoms with Crippen molar-refractivity contribution >= 4 is 11.6 Å². The second-order valence-electron chi connectivity index (χ2n) is 4.45. The van der Waals surface area contributed by atoms with Gasteiger partial charge in [-0.1, -0.05) is 0 Å². The van der Waals surface area contributed by atoms with Crippen LogP contribution in [0.15, 0.2) is 23.1 Å². The van der Waals surface area contributed by atoms with Crippen molar-refractivity contribution < 1.29 is 22.7 Å². The van der Waals surface area contributed by atoms with E-state index in [-0.39, 0.29) is 0 Å². The van der Waals surface area contributed by atoms with E-state index in [1.165, 1.54) is 6.20 Å². The average molecular weight is 295 g/mol. The second-order valence-corrected chi connectivity index (χ2v) is 4.45. The van der Waals surface area contributed by atoms with Gasteiger partial charge >= 0.3 is 0 Å². The maximum atomic E-state index is 12.7. The van der Waals surface area contributed by atoms with Gasteiger partial charge < -0.3 is 14.5 Å². The van der Waals surface area contributed by atoms with Crippen molar-refractivity contribution in [1.29, 1.82) is 0 Å². The minimum absolute atomic E-state index is 0.390. The number of halogens is 2. The van der Waals surface area contributed by atoms with E-state index in [1.807, 2.05) is 0 Å². The van der Waals surface area contributed by atoms with E-state index < -0.39 is 23.8 Å². The number of fused-ring (bicyclic) bond motifs is 1. The molecule has 110 valence electrons. The third kappa shape index (κ3) is 2.75. The Bertz CT molecular complexity index is 672. The number of carbonyl (C=O) groups excluding carboxylic acids is 1. The summed E-state index contributed by atoms with van der Waals surface area (Å²) in [5.74, 6) is -1.29. The zero-order valence-corrected chi connectivity index (χ0v) is 10.8. The van der Waals surface area contributed by atoms with Gasteiger partial charge in [0.1, 0.15) is 0 Å². The van der Waals surface area contributed by atoms with E-state index in [2.05, 4.69) is 15.3 Å². The molecule has 0 bridgehead atoms. The zero-order chi connectivity index (χ0) is 14.8. The van der Waals surface area contributed by atoms with Crippen molar-refractivity contribution in [1.82, 2.24) is 9.97 Å². The molecule has 0 saturated carbocycles. The van der Waals surface area contributed by atoms with Gasteiger partial charge in [0.25, 0.3) is 12.3 Å². The van der Waals surface area contributed by atoms with Crippen molar-refractivity contribution in [3.05, 3.63) is 41.4 Å². The number of ether oxygens (including phenoxy) is 1. The molecule has 0 radical (unpaired) electrons. The second kappa shape index (κ2) is 5.57. The monoisotopic (exact) mass is 295 g/mol. The predicted octanol–water partition coefficient (Wildman–Crippen LogP) is 2.33. The van der Waals surface area contributed by atoms with Gasteiger partial charge in [0.05, 0.1) is 25.1 Å². The molecule has 1 amide bonds. The Labute approximate surface area is 118 Å². The summed E-state index contributed by atoms with van der Waals surface area (Å²) in [6.07, 6.45) is 0.122. The molecule has 3 heterocycles. The largest absolute Gasteiger partial charge is 0.438 e. The Morgan fingerprint density at radius 1 is 1.38 bits per heavy atom. The first-order valence-corrected chi connectivity index (χ1v) is 6.23. The maximum absolute atomic E-state index is 12.7. The molecule has 1 aliphatic rings. The Kier molecular flexibility index (Phi) is 3.61. The predicted molar refractivity (Wildman–Crippen MR) is 67.0 cm³/mol. The van der Waals surface area contributed by atoms with E-state index in [1.54, 1.807) is 6.07 Å². The molecule has 0 fully saturated rings. The van der Waals surface area contributed by atoms with Crippen molar-refractivity contribution in [2.45, 2.75) is 19.5 Å². The number of rotatable bonds is 3. The first kappa shape index (κ1) is 13.6. The van der Waals surface area contributed by atoms with Gasteiger partial charge in [-0.15, -0.1) is 0 Å². The molecule has 8 heteroatoms. The van der Waals surface area contributed by atoms with Crippen molar-refractivity contribution in [2.75, 3.05) is 11.9 Å². The Hall–Kier alpha value is -2.35. The molecule has 0 unspecified atom stereocenters. The number of carbonyl (C=O) groups is 1. The quantitative estimate of drug-likeness (QED) is 0.940. The van der Waals surface area contributed by atoms with Crippen LogP contribution in [-0.4, -0.2) is 22.5 Å². The van der Waals surface area contributed by atoms with Crippen LogP contribution in [0.1, 0.15) is 33.9 Å². The van der Waals surface area contributed by atoms with E-state index in [9.17, 15) is 13.6 Å². The van der Waals surface area contributed by atoms with E-state index in [0.29, 0.717) is 25.3 Å². The minimum atomic E-state index is -2.88. The minimum Gasteiger partial charge on any atom is -0.438 e. The van der Waals surface area contributed by atoms with Crippen LogP contribution in [0.25, 0.3) is 0 Å². The smallest absolute Gasteiger partial charge is 0.293 e. The SMILES string of the molecule is O=C(Nc1cnc2c(c1)COCC2)c1ocnc1C(F)F. The van der Waals surface area contributed by atoms with Crippen molar-refractivity contribution in [3.8, 4) is 0 Å². The molecular formula is C13H11F2N3O3. The summed E-state index contributed by atoms with van der Waals surface area (Å²) in [4.78, 5) is 19.5. The normalized spacial score (nSPS) is 14.0. The van der Waals surface area contributed by atoms with Crippen LogP contribution in [0.3, 0.4) is 0 Å². The van der Waals surface area contributed by atoms with Gasteiger partial charge in [-0.05, 0) is 6.07 Å². The summed E-state index contributed by atoms with van der Waals surface area (Å²) >= 11 is 0. The summed E-state index contributed by atoms with van der Waals surface area (Å²) in [7, 11) is 0. The Morgan fingerprint density at radius 3 is 3.05 bits per heavy atom. The summed E-state index contributed by atoms with van der Waals surface area (Å²) in [5.41, 5.74) is 1.49. The Balaban J connectivity index is 1.80. The molecule has 1 aliphatic heterocycles. The fourth-order valence-electron chi connectivity index (χ4n) is 2.08. The molecule has 21 heavy (non-hydrogen) atoms. The first-order valence-electron chi connectivity index (χ1n) is 6.23. The molecule has 1 N–H and O–H groups in total. The maximum Gasteiger partial charge on any atom is 0.293 e. The summed E-state index contributed by atoms with van der Waals surface area (Å²) in [6.45, 7) is 1.03. The molecule has 0 spiro atoms.